The highest BCUT2D eigenvalue weighted by Crippen LogP contribution is 2.18. The highest BCUT2D eigenvalue weighted by atomic mass is 35.5. The lowest BCUT2D eigenvalue weighted by Gasteiger charge is -2.06. The Labute approximate surface area is 174 Å². The number of nitrogens with zero attached hydrogens (tertiary/aromatic N) is 3. The smallest absolute Gasteiger partial charge is 0.281 e. The van der Waals surface area contributed by atoms with Gasteiger partial charge in [-0.05, 0) is 41.1 Å². The maximum atomic E-state index is 13.0. The number of thiophene rings is 2. The minimum absolute atomic E-state index is 0.298. The third-order valence-electron chi connectivity index (χ3n) is 3.87. The number of aromatic nitrogens is 3. The fourth-order valence-corrected chi connectivity index (χ4v) is 4.02. The van der Waals surface area contributed by atoms with Crippen LogP contribution in [0.25, 0.3) is 0 Å². The summed E-state index contributed by atoms with van der Waals surface area (Å²) in [5.41, 5.74) is 0.446. The molecule has 2 N–H and O–H groups in total. The van der Waals surface area contributed by atoms with Crippen LogP contribution in [0.4, 0.5) is 11.9 Å². The summed E-state index contributed by atoms with van der Waals surface area (Å²) in [6.45, 7) is 1.15. The van der Waals surface area contributed by atoms with E-state index in [0.29, 0.717) is 35.6 Å². The van der Waals surface area contributed by atoms with E-state index < -0.39 is 0 Å². The average Bonchev–Trinajstić information content (AvgIpc) is 3.46. The number of hydrogen-bond donors (Lipinski definition) is 2. The summed E-state index contributed by atoms with van der Waals surface area (Å²) >= 11 is 9.31. The second kappa shape index (κ2) is 8.55. The summed E-state index contributed by atoms with van der Waals surface area (Å²) in [6.07, 6.45) is 0. The largest absolute Gasteiger partial charge is 0.349 e. The number of hydrogen-bond acceptors (Lipinski definition) is 7. The van der Waals surface area contributed by atoms with Crippen LogP contribution in [0.15, 0.2) is 59.3 Å². The first-order chi connectivity index (χ1) is 13.7. The monoisotopic (exact) mass is 429 g/mol. The molecule has 0 amide bonds. The summed E-state index contributed by atoms with van der Waals surface area (Å²) < 4.78 is 1.27. The van der Waals surface area contributed by atoms with Gasteiger partial charge in [0.05, 0.1) is 13.1 Å². The Morgan fingerprint density at radius 2 is 1.71 bits per heavy atom. The van der Waals surface area contributed by atoms with Crippen molar-refractivity contribution < 1.29 is 4.79 Å². The van der Waals surface area contributed by atoms with E-state index in [2.05, 4.69) is 20.7 Å². The van der Waals surface area contributed by atoms with Crippen molar-refractivity contribution in [2.75, 3.05) is 10.6 Å². The van der Waals surface area contributed by atoms with Crippen LogP contribution in [-0.2, 0) is 13.1 Å². The number of carbonyl (C=O) groups excluding carboxylic acids is 1. The fourth-order valence-electron chi connectivity index (χ4n) is 2.55. The summed E-state index contributed by atoms with van der Waals surface area (Å²) in [5.74, 6) is 0.470. The zero-order valence-electron chi connectivity index (χ0n) is 14.6. The van der Waals surface area contributed by atoms with Gasteiger partial charge in [-0.25, -0.2) is 0 Å². The van der Waals surface area contributed by atoms with E-state index in [9.17, 15) is 4.79 Å². The van der Waals surface area contributed by atoms with Crippen LogP contribution in [0.1, 0.15) is 20.1 Å². The molecule has 0 saturated heterocycles. The van der Waals surface area contributed by atoms with E-state index in [0.717, 1.165) is 9.75 Å². The molecule has 0 unspecified atom stereocenters. The van der Waals surface area contributed by atoms with Crippen LogP contribution in [0.2, 0.25) is 5.02 Å². The molecule has 0 aliphatic heterocycles. The van der Waals surface area contributed by atoms with Gasteiger partial charge in [0, 0.05) is 20.3 Å². The van der Waals surface area contributed by atoms with Gasteiger partial charge in [-0.15, -0.1) is 27.8 Å². The summed E-state index contributed by atoms with van der Waals surface area (Å²) in [5, 5.41) is 15.3. The lowest BCUT2D eigenvalue weighted by molar-refractivity contribution is 0.0947. The molecule has 142 valence electrons. The highest BCUT2D eigenvalue weighted by Gasteiger charge is 2.18. The standard InChI is InChI=1S/C19H16ClN5OS2/c20-14-5-1-4-13(10-14)17(26)25-19(22-12-16-7-3-9-28-16)23-18(24-25)21-11-15-6-2-8-27-15/h1-10H,11-12H2,(H2,21,22,23,24). The van der Waals surface area contributed by atoms with Crippen molar-refractivity contribution >= 4 is 52.1 Å². The van der Waals surface area contributed by atoms with Crippen LogP contribution in [0.3, 0.4) is 0 Å². The normalized spacial score (nSPS) is 10.8. The molecule has 0 radical (unpaired) electrons. The number of benzene rings is 1. The van der Waals surface area contributed by atoms with Crippen molar-refractivity contribution in [3.05, 3.63) is 79.6 Å². The first-order valence-corrected chi connectivity index (χ1v) is 10.6. The Bertz CT molecular complexity index is 1060. The maximum absolute atomic E-state index is 13.0. The Hall–Kier alpha value is -2.68. The van der Waals surface area contributed by atoms with Crippen molar-refractivity contribution in [2.45, 2.75) is 13.1 Å². The molecule has 0 saturated carbocycles. The first-order valence-electron chi connectivity index (χ1n) is 8.49. The molecule has 0 bridgehead atoms. The van der Waals surface area contributed by atoms with Gasteiger partial charge >= 0.3 is 0 Å². The number of rotatable bonds is 7. The van der Waals surface area contributed by atoms with Gasteiger partial charge in [0.15, 0.2) is 0 Å². The molecule has 4 aromatic rings. The molecule has 1 aromatic carbocycles. The predicted octanol–water partition coefficient (Wildman–Crippen LogP) is 4.97. The van der Waals surface area contributed by atoms with E-state index >= 15 is 0 Å². The van der Waals surface area contributed by atoms with E-state index in [-0.39, 0.29) is 5.91 Å². The van der Waals surface area contributed by atoms with Crippen molar-refractivity contribution in [3.63, 3.8) is 0 Å². The van der Waals surface area contributed by atoms with Gasteiger partial charge in [0.1, 0.15) is 0 Å². The number of anilines is 2. The molecule has 0 fully saturated rings. The van der Waals surface area contributed by atoms with Crippen LogP contribution in [0, 0.1) is 0 Å². The van der Waals surface area contributed by atoms with Crippen LogP contribution >= 0.6 is 34.3 Å². The average molecular weight is 430 g/mol. The molecule has 6 nitrogen and oxygen atoms in total. The van der Waals surface area contributed by atoms with E-state index in [1.165, 1.54) is 4.68 Å². The molecule has 0 aliphatic carbocycles. The van der Waals surface area contributed by atoms with Gasteiger partial charge < -0.3 is 10.6 Å². The number of halogens is 1. The lowest BCUT2D eigenvalue weighted by Crippen LogP contribution is -2.17. The van der Waals surface area contributed by atoms with Gasteiger partial charge in [0.25, 0.3) is 5.91 Å². The third-order valence-corrected chi connectivity index (χ3v) is 5.86. The van der Waals surface area contributed by atoms with Crippen molar-refractivity contribution in [1.29, 1.82) is 0 Å². The molecule has 28 heavy (non-hydrogen) atoms. The summed E-state index contributed by atoms with van der Waals surface area (Å²) in [4.78, 5) is 19.7. The van der Waals surface area contributed by atoms with Crippen molar-refractivity contribution in [3.8, 4) is 0 Å². The molecule has 3 aromatic heterocycles. The molecule has 9 heteroatoms. The van der Waals surface area contributed by atoms with E-state index in [1.807, 2.05) is 35.0 Å². The summed E-state index contributed by atoms with van der Waals surface area (Å²) in [7, 11) is 0. The topological polar surface area (TPSA) is 71.8 Å². The zero-order chi connectivity index (χ0) is 19.3. The van der Waals surface area contributed by atoms with Crippen LogP contribution in [-0.4, -0.2) is 20.7 Å². The van der Waals surface area contributed by atoms with Crippen molar-refractivity contribution in [2.24, 2.45) is 0 Å². The number of nitrogens with one attached hydrogen (secondary N) is 2. The second-order valence-electron chi connectivity index (χ2n) is 5.85. The minimum atomic E-state index is -0.298. The summed E-state index contributed by atoms with van der Waals surface area (Å²) in [6, 6.07) is 14.8. The molecular weight excluding hydrogens is 414 g/mol. The Morgan fingerprint density at radius 3 is 2.36 bits per heavy atom. The molecule has 0 spiro atoms. The van der Waals surface area contributed by atoms with Crippen molar-refractivity contribution in [1.82, 2.24) is 14.8 Å². The molecule has 0 aliphatic rings. The molecular formula is C19H16ClN5OS2. The number of carbonyl (C=O) groups is 1. The van der Waals surface area contributed by atoms with E-state index in [4.69, 9.17) is 11.6 Å². The Kier molecular flexibility index (Phi) is 5.70. The van der Waals surface area contributed by atoms with Crippen LogP contribution < -0.4 is 10.6 Å². The van der Waals surface area contributed by atoms with Gasteiger partial charge in [-0.3, -0.25) is 4.79 Å². The molecule has 4 rings (SSSR count). The van der Waals surface area contributed by atoms with E-state index in [1.54, 1.807) is 46.9 Å². The minimum Gasteiger partial charge on any atom is -0.349 e. The zero-order valence-corrected chi connectivity index (χ0v) is 17.0. The van der Waals surface area contributed by atoms with Gasteiger partial charge in [0.2, 0.25) is 11.9 Å². The van der Waals surface area contributed by atoms with Gasteiger partial charge in [-0.1, -0.05) is 29.8 Å². The van der Waals surface area contributed by atoms with Gasteiger partial charge in [-0.2, -0.15) is 9.67 Å². The Balaban J connectivity index is 1.58. The maximum Gasteiger partial charge on any atom is 0.281 e. The SMILES string of the molecule is O=C(c1cccc(Cl)c1)n1nc(NCc2cccs2)nc1NCc1cccs1. The highest BCUT2D eigenvalue weighted by molar-refractivity contribution is 7.10. The van der Waals surface area contributed by atoms with Crippen LogP contribution in [0.5, 0.6) is 0 Å². The quantitative estimate of drug-likeness (QED) is 0.434. The Morgan fingerprint density at radius 1 is 1.00 bits per heavy atom. The first kappa shape index (κ1) is 18.7. The molecule has 3 heterocycles. The fraction of sp³-hybridized carbons (Fsp3) is 0.105. The second-order valence-corrected chi connectivity index (χ2v) is 8.35. The molecule has 0 atom stereocenters. The third kappa shape index (κ3) is 4.41. The lowest BCUT2D eigenvalue weighted by atomic mass is 10.2. The predicted molar refractivity (Wildman–Crippen MR) is 114 cm³/mol.